The molecule has 0 aliphatic carbocycles. The van der Waals surface area contributed by atoms with Gasteiger partial charge in [0, 0.05) is 27.3 Å². The van der Waals surface area contributed by atoms with Crippen molar-refractivity contribution in [3.8, 4) is 0 Å². The Labute approximate surface area is 119 Å². The highest BCUT2D eigenvalue weighted by atomic mass is 32.1. The van der Waals surface area contributed by atoms with Gasteiger partial charge >= 0.3 is 0 Å². The molecule has 1 rings (SSSR count). The summed E-state index contributed by atoms with van der Waals surface area (Å²) in [6.45, 7) is 7.50. The monoisotopic (exact) mass is 275 g/mol. The molecule has 0 fully saturated rings. The molecule has 0 unspecified atom stereocenters. The van der Waals surface area contributed by atoms with E-state index in [1.54, 1.807) is 18.3 Å². The third-order valence-corrected chi connectivity index (χ3v) is 2.84. The molecule has 19 heavy (non-hydrogen) atoms. The third kappa shape index (κ3) is 3.48. The lowest BCUT2D eigenvalue weighted by Crippen LogP contribution is -2.45. The normalized spacial score (nSPS) is 9.68. The van der Waals surface area contributed by atoms with Crippen molar-refractivity contribution in [1.29, 1.82) is 0 Å². The number of rotatable bonds is 6. The number of hydrogen-bond donors (Lipinski definition) is 0. The van der Waals surface area contributed by atoms with Crippen molar-refractivity contribution >= 4 is 35.0 Å². The lowest BCUT2D eigenvalue weighted by atomic mass is 10.3. The summed E-state index contributed by atoms with van der Waals surface area (Å²) in [5, 5.41) is 7.96. The van der Waals surface area contributed by atoms with Crippen molar-refractivity contribution in [3.63, 3.8) is 0 Å². The topological polar surface area (TPSA) is 35.0 Å². The van der Waals surface area contributed by atoms with Crippen LogP contribution in [-0.4, -0.2) is 41.4 Å². The highest BCUT2D eigenvalue weighted by Gasteiger charge is 2.13. The van der Waals surface area contributed by atoms with E-state index >= 15 is 0 Å². The van der Waals surface area contributed by atoms with E-state index in [2.05, 4.69) is 40.5 Å². The summed E-state index contributed by atoms with van der Waals surface area (Å²) in [6, 6.07) is 3.68. The Kier molecular flexibility index (Phi) is 5.38. The molecule has 100 valence electrons. The molecule has 1 heterocycles. The van der Waals surface area contributed by atoms with Crippen LogP contribution in [0.3, 0.4) is 0 Å². The Morgan fingerprint density at radius 3 is 2.53 bits per heavy atom. The number of anilines is 1. The zero-order valence-corrected chi connectivity index (χ0v) is 12.2. The van der Waals surface area contributed by atoms with Crippen LogP contribution in [0.5, 0.6) is 0 Å². The SMILES string of the molecule is C=Cc1nc(N=C=S)ccc1N(C)N(C)N(C)C=C. The largest absolute Gasteiger partial charge is 0.299 e. The van der Waals surface area contributed by atoms with Crippen molar-refractivity contribution < 1.29 is 0 Å². The molecule has 0 aliphatic heterocycles. The third-order valence-electron chi connectivity index (χ3n) is 2.74. The minimum absolute atomic E-state index is 0.516. The van der Waals surface area contributed by atoms with Crippen LogP contribution in [0.2, 0.25) is 0 Å². The Balaban J connectivity index is 3.15. The van der Waals surface area contributed by atoms with Gasteiger partial charge in [-0.3, -0.25) is 10.0 Å². The summed E-state index contributed by atoms with van der Waals surface area (Å²) < 4.78 is 0. The van der Waals surface area contributed by atoms with Gasteiger partial charge in [-0.05, 0) is 30.4 Å². The average molecular weight is 275 g/mol. The predicted molar refractivity (Wildman–Crippen MR) is 83.1 cm³/mol. The molecular formula is C13H17N5S. The van der Waals surface area contributed by atoms with Crippen LogP contribution < -0.4 is 5.01 Å². The van der Waals surface area contributed by atoms with Crippen LogP contribution >= 0.6 is 12.2 Å². The highest BCUT2D eigenvalue weighted by molar-refractivity contribution is 7.78. The molecule has 0 saturated heterocycles. The molecule has 0 N–H and O–H groups in total. The molecule has 0 aromatic carbocycles. The zero-order chi connectivity index (χ0) is 14.4. The van der Waals surface area contributed by atoms with Crippen LogP contribution in [0.4, 0.5) is 11.5 Å². The van der Waals surface area contributed by atoms with E-state index in [0.717, 1.165) is 11.4 Å². The summed E-state index contributed by atoms with van der Waals surface area (Å²) in [7, 11) is 5.74. The number of pyridine rings is 1. The van der Waals surface area contributed by atoms with Crippen molar-refractivity contribution in [2.45, 2.75) is 0 Å². The molecule has 0 amide bonds. The van der Waals surface area contributed by atoms with Gasteiger partial charge in [0.15, 0.2) is 5.82 Å². The summed E-state index contributed by atoms with van der Waals surface area (Å²) in [5.74, 6) is 0.516. The number of thiocarbonyl (C=S) groups is 1. The Morgan fingerprint density at radius 1 is 1.32 bits per heavy atom. The van der Waals surface area contributed by atoms with Gasteiger partial charge in [0.1, 0.15) is 0 Å². The van der Waals surface area contributed by atoms with Gasteiger partial charge in [0.05, 0.1) is 16.5 Å². The van der Waals surface area contributed by atoms with E-state index in [4.69, 9.17) is 0 Å². The first kappa shape index (κ1) is 15.0. The first-order valence-corrected chi connectivity index (χ1v) is 6.00. The van der Waals surface area contributed by atoms with E-state index in [9.17, 15) is 0 Å². The Bertz CT molecular complexity index is 522. The predicted octanol–water partition coefficient (Wildman–Crippen LogP) is 2.73. The molecule has 0 bridgehead atoms. The summed E-state index contributed by atoms with van der Waals surface area (Å²) >= 11 is 4.57. The van der Waals surface area contributed by atoms with Crippen LogP contribution in [0.1, 0.15) is 5.69 Å². The van der Waals surface area contributed by atoms with Crippen LogP contribution in [-0.2, 0) is 0 Å². The first-order valence-electron chi connectivity index (χ1n) is 5.59. The number of aromatic nitrogens is 1. The average Bonchev–Trinajstić information content (AvgIpc) is 2.45. The maximum Gasteiger partial charge on any atom is 0.163 e. The van der Waals surface area contributed by atoms with E-state index < -0.39 is 0 Å². The highest BCUT2D eigenvalue weighted by Crippen LogP contribution is 2.23. The van der Waals surface area contributed by atoms with Crippen molar-refractivity contribution in [2.75, 3.05) is 26.2 Å². The van der Waals surface area contributed by atoms with Crippen LogP contribution in [0.25, 0.3) is 6.08 Å². The van der Waals surface area contributed by atoms with Crippen molar-refractivity contribution in [3.05, 3.63) is 37.2 Å². The van der Waals surface area contributed by atoms with Crippen LogP contribution in [0, 0.1) is 0 Å². The minimum Gasteiger partial charge on any atom is -0.299 e. The molecular weight excluding hydrogens is 258 g/mol. The van der Waals surface area contributed by atoms with Crippen molar-refractivity contribution in [1.82, 2.24) is 15.1 Å². The fourth-order valence-corrected chi connectivity index (χ4v) is 1.57. The molecule has 0 saturated carbocycles. The number of aliphatic imine (C=N–C) groups is 1. The molecule has 0 atom stereocenters. The van der Waals surface area contributed by atoms with Crippen molar-refractivity contribution in [2.24, 2.45) is 4.99 Å². The van der Waals surface area contributed by atoms with Gasteiger partial charge in [0.25, 0.3) is 0 Å². The first-order chi connectivity index (χ1) is 9.04. The number of hydrogen-bond acceptors (Lipinski definition) is 6. The van der Waals surface area contributed by atoms with Gasteiger partial charge in [-0.2, -0.15) is 4.99 Å². The van der Waals surface area contributed by atoms with Gasteiger partial charge in [-0.15, -0.1) is 5.12 Å². The van der Waals surface area contributed by atoms with Gasteiger partial charge < -0.3 is 0 Å². The second-order valence-electron chi connectivity index (χ2n) is 3.75. The minimum atomic E-state index is 0.516. The summed E-state index contributed by atoms with van der Waals surface area (Å²) in [6.07, 6.45) is 3.39. The zero-order valence-electron chi connectivity index (χ0n) is 11.4. The second kappa shape index (κ2) is 6.80. The van der Waals surface area contributed by atoms with Gasteiger partial charge in [-0.1, -0.05) is 13.2 Å². The lowest BCUT2D eigenvalue weighted by Gasteiger charge is -2.36. The Hall–Kier alpha value is -2.01. The molecule has 0 radical (unpaired) electrons. The maximum absolute atomic E-state index is 4.57. The fraction of sp³-hybridized carbons (Fsp3) is 0.231. The second-order valence-corrected chi connectivity index (χ2v) is 3.93. The van der Waals surface area contributed by atoms with E-state index in [0.29, 0.717) is 5.82 Å². The van der Waals surface area contributed by atoms with E-state index in [1.807, 2.05) is 42.3 Å². The molecule has 1 aromatic rings. The molecule has 6 heteroatoms. The van der Waals surface area contributed by atoms with Gasteiger partial charge in [0.2, 0.25) is 0 Å². The summed E-state index contributed by atoms with van der Waals surface area (Å²) in [5.41, 5.74) is 1.62. The van der Waals surface area contributed by atoms with E-state index in [-0.39, 0.29) is 0 Å². The number of nitrogens with zero attached hydrogens (tertiary/aromatic N) is 5. The maximum atomic E-state index is 4.57. The number of hydrazine groups is 2. The lowest BCUT2D eigenvalue weighted by molar-refractivity contribution is 0.0726. The molecule has 1 aromatic heterocycles. The standard InChI is InChI=1S/C13H17N5S/c1-6-11-12(8-9-13(15-11)14-10-19)17(4)18(5)16(3)7-2/h6-9H,1-2H2,3-5H3. The van der Waals surface area contributed by atoms with Crippen LogP contribution in [0.15, 0.2) is 36.5 Å². The number of isothiocyanates is 1. The summed E-state index contributed by atoms with van der Waals surface area (Å²) in [4.78, 5) is 8.20. The molecule has 5 nitrogen and oxygen atoms in total. The molecule has 0 spiro atoms. The molecule has 0 aliphatic rings. The van der Waals surface area contributed by atoms with Gasteiger partial charge in [-0.25, -0.2) is 4.98 Å². The van der Waals surface area contributed by atoms with E-state index in [1.165, 1.54) is 0 Å². The smallest absolute Gasteiger partial charge is 0.163 e. The Morgan fingerprint density at radius 2 is 2.00 bits per heavy atom. The fourth-order valence-electron chi connectivity index (χ4n) is 1.48. The quantitative estimate of drug-likeness (QED) is 0.453.